The third kappa shape index (κ3) is 2.70. The van der Waals surface area contributed by atoms with Crippen molar-refractivity contribution in [3.63, 3.8) is 0 Å². The molecular formula is C17H19IO3. The Morgan fingerprint density at radius 2 is 1.81 bits per heavy atom. The van der Waals surface area contributed by atoms with Crippen molar-refractivity contribution in [1.29, 1.82) is 0 Å². The molecule has 0 aromatic heterocycles. The molecule has 0 bridgehead atoms. The molecule has 1 saturated carbocycles. The van der Waals surface area contributed by atoms with Gasteiger partial charge in [0.25, 0.3) is 0 Å². The molecule has 1 aromatic rings. The van der Waals surface area contributed by atoms with Gasteiger partial charge in [0, 0.05) is 5.56 Å². The molecule has 1 aromatic carbocycles. The molecule has 0 unspecified atom stereocenters. The molecule has 2 aliphatic rings. The van der Waals surface area contributed by atoms with Crippen molar-refractivity contribution < 1.29 is 14.3 Å². The van der Waals surface area contributed by atoms with E-state index in [-0.39, 0.29) is 11.9 Å². The first-order chi connectivity index (χ1) is 10.0. The predicted octanol–water partition coefficient (Wildman–Crippen LogP) is 4.49. The van der Waals surface area contributed by atoms with Crippen LogP contribution in [0, 0.1) is 0 Å². The number of hydrogen-bond donors (Lipinski definition) is 0. The highest BCUT2D eigenvalue weighted by atomic mass is 127. The summed E-state index contributed by atoms with van der Waals surface area (Å²) in [5.41, 5.74) is 0.381. The van der Waals surface area contributed by atoms with Crippen molar-refractivity contribution in [2.45, 2.75) is 51.2 Å². The van der Waals surface area contributed by atoms with Crippen LogP contribution in [-0.2, 0) is 9.53 Å². The third-order valence-electron chi connectivity index (χ3n) is 4.01. The van der Waals surface area contributed by atoms with Crippen LogP contribution >= 0.6 is 22.6 Å². The summed E-state index contributed by atoms with van der Waals surface area (Å²) < 4.78 is 12.5. The van der Waals surface area contributed by atoms with Gasteiger partial charge in [-0.2, -0.15) is 0 Å². The highest BCUT2D eigenvalue weighted by molar-refractivity contribution is 14.1. The maximum absolute atomic E-state index is 12.5. The molecule has 4 heteroatoms. The molecule has 3 rings (SSSR count). The molecule has 0 atom stereocenters. The first kappa shape index (κ1) is 14.9. The summed E-state index contributed by atoms with van der Waals surface area (Å²) in [4.78, 5) is 12.5. The van der Waals surface area contributed by atoms with Crippen LogP contribution in [0.5, 0.6) is 5.75 Å². The van der Waals surface area contributed by atoms with Gasteiger partial charge < -0.3 is 9.47 Å². The summed E-state index contributed by atoms with van der Waals surface area (Å²) in [5.74, 6) is 1.74. The van der Waals surface area contributed by atoms with Gasteiger partial charge in [-0.05, 0) is 86.4 Å². The smallest absolute Gasteiger partial charge is 0.216 e. The molecular weight excluding hydrogens is 379 g/mol. The largest absolute Gasteiger partial charge is 0.491 e. The monoisotopic (exact) mass is 398 g/mol. The molecule has 0 amide bonds. The number of ether oxygens (including phenoxy) is 2. The second-order valence-electron chi connectivity index (χ2n) is 5.97. The van der Waals surface area contributed by atoms with Crippen LogP contribution in [0.15, 0.2) is 27.8 Å². The molecule has 0 saturated heterocycles. The number of halogens is 1. The summed E-state index contributed by atoms with van der Waals surface area (Å²) in [6.07, 6.45) is 3.99. The van der Waals surface area contributed by atoms with Crippen molar-refractivity contribution in [3.8, 4) is 5.75 Å². The van der Waals surface area contributed by atoms with Crippen LogP contribution in [0.3, 0.4) is 0 Å². The van der Waals surface area contributed by atoms with E-state index >= 15 is 0 Å². The van der Waals surface area contributed by atoms with E-state index in [1.165, 1.54) is 0 Å². The second-order valence-corrected chi connectivity index (χ2v) is 7.05. The molecule has 1 aliphatic carbocycles. The molecule has 0 radical (unpaired) electrons. The first-order valence-corrected chi connectivity index (χ1v) is 8.50. The van der Waals surface area contributed by atoms with E-state index in [9.17, 15) is 4.79 Å². The van der Waals surface area contributed by atoms with E-state index in [1.807, 2.05) is 38.1 Å². The lowest BCUT2D eigenvalue weighted by molar-refractivity contribution is -0.128. The van der Waals surface area contributed by atoms with Gasteiger partial charge in [0.1, 0.15) is 15.1 Å². The maximum atomic E-state index is 12.5. The van der Waals surface area contributed by atoms with Crippen LogP contribution in [0.25, 0.3) is 5.76 Å². The molecule has 1 heterocycles. The van der Waals surface area contributed by atoms with Crippen LogP contribution in [0.4, 0.5) is 0 Å². The Balaban J connectivity index is 1.85. The van der Waals surface area contributed by atoms with E-state index in [2.05, 4.69) is 22.6 Å². The van der Waals surface area contributed by atoms with Crippen LogP contribution in [-0.4, -0.2) is 17.5 Å². The third-order valence-corrected chi connectivity index (χ3v) is 4.99. The quantitative estimate of drug-likeness (QED) is 0.704. The SMILES string of the molecule is CC(C)Oc1ccc(C2=C(I)C(=O)C3(CCCC3)O2)cc1. The minimum absolute atomic E-state index is 0.154. The predicted molar refractivity (Wildman–Crippen MR) is 90.4 cm³/mol. The Morgan fingerprint density at radius 3 is 2.38 bits per heavy atom. The van der Waals surface area contributed by atoms with Crippen molar-refractivity contribution in [3.05, 3.63) is 33.4 Å². The fourth-order valence-corrected chi connectivity index (χ4v) is 3.92. The minimum atomic E-state index is -0.570. The average molecular weight is 398 g/mol. The van der Waals surface area contributed by atoms with E-state index in [0.717, 1.165) is 46.3 Å². The number of rotatable bonds is 3. The second kappa shape index (κ2) is 5.63. The summed E-state index contributed by atoms with van der Waals surface area (Å²) in [5, 5.41) is 0. The zero-order chi connectivity index (χ0) is 15.0. The van der Waals surface area contributed by atoms with Gasteiger partial charge in [-0.3, -0.25) is 4.79 Å². The maximum Gasteiger partial charge on any atom is 0.216 e. The van der Waals surface area contributed by atoms with Gasteiger partial charge in [0.05, 0.1) is 6.10 Å². The Morgan fingerprint density at radius 1 is 1.19 bits per heavy atom. The topological polar surface area (TPSA) is 35.5 Å². The zero-order valence-corrected chi connectivity index (χ0v) is 14.5. The molecule has 3 nitrogen and oxygen atoms in total. The molecule has 0 N–H and O–H groups in total. The standard InChI is InChI=1S/C17H19IO3/c1-11(2)20-13-7-5-12(6-8-13)15-14(18)16(19)17(21-15)9-3-4-10-17/h5-8,11H,3-4,9-10H2,1-2H3. The fourth-order valence-electron chi connectivity index (χ4n) is 3.01. The lowest BCUT2D eigenvalue weighted by Gasteiger charge is -2.22. The molecule has 21 heavy (non-hydrogen) atoms. The number of carbonyl (C=O) groups excluding carboxylic acids is 1. The Kier molecular flexibility index (Phi) is 3.99. The molecule has 112 valence electrons. The lowest BCUT2D eigenvalue weighted by Crippen LogP contribution is -2.33. The van der Waals surface area contributed by atoms with Gasteiger partial charge in [-0.15, -0.1) is 0 Å². The van der Waals surface area contributed by atoms with Crippen LogP contribution < -0.4 is 4.74 Å². The number of benzene rings is 1. The van der Waals surface area contributed by atoms with E-state index in [1.54, 1.807) is 0 Å². The number of ketones is 1. The Hall–Kier alpha value is -1.04. The van der Waals surface area contributed by atoms with Crippen LogP contribution in [0.2, 0.25) is 0 Å². The summed E-state index contributed by atoms with van der Waals surface area (Å²) in [6.45, 7) is 4.00. The van der Waals surface area contributed by atoms with E-state index in [4.69, 9.17) is 9.47 Å². The first-order valence-electron chi connectivity index (χ1n) is 7.42. The summed E-state index contributed by atoms with van der Waals surface area (Å²) in [6, 6.07) is 7.79. The summed E-state index contributed by atoms with van der Waals surface area (Å²) >= 11 is 2.13. The lowest BCUT2D eigenvalue weighted by atomic mass is 9.98. The average Bonchev–Trinajstić information content (AvgIpc) is 3.01. The van der Waals surface area contributed by atoms with Crippen molar-refractivity contribution in [2.75, 3.05) is 0 Å². The molecule has 1 fully saturated rings. The minimum Gasteiger partial charge on any atom is -0.491 e. The molecule has 1 aliphatic heterocycles. The Labute approximate surface area is 138 Å². The van der Waals surface area contributed by atoms with Crippen molar-refractivity contribution in [1.82, 2.24) is 0 Å². The zero-order valence-electron chi connectivity index (χ0n) is 12.3. The van der Waals surface area contributed by atoms with Crippen molar-refractivity contribution >= 4 is 34.1 Å². The highest BCUT2D eigenvalue weighted by Gasteiger charge is 2.50. The van der Waals surface area contributed by atoms with Gasteiger partial charge in [-0.25, -0.2) is 0 Å². The van der Waals surface area contributed by atoms with Gasteiger partial charge in [0.2, 0.25) is 5.78 Å². The van der Waals surface area contributed by atoms with Gasteiger partial charge in [-0.1, -0.05) is 0 Å². The van der Waals surface area contributed by atoms with Crippen molar-refractivity contribution in [2.24, 2.45) is 0 Å². The Bertz CT molecular complexity index is 581. The van der Waals surface area contributed by atoms with Gasteiger partial charge >= 0.3 is 0 Å². The fraction of sp³-hybridized carbons (Fsp3) is 0.471. The number of carbonyl (C=O) groups is 1. The molecule has 1 spiro atoms. The number of Topliss-reactive ketones (excluding diaryl/α,β-unsaturated/α-hetero) is 1. The highest BCUT2D eigenvalue weighted by Crippen LogP contribution is 2.47. The normalized spacial score (nSPS) is 20.5. The van der Waals surface area contributed by atoms with E-state index < -0.39 is 5.60 Å². The van der Waals surface area contributed by atoms with Crippen LogP contribution in [0.1, 0.15) is 45.1 Å². The summed E-state index contributed by atoms with van der Waals surface area (Å²) in [7, 11) is 0. The van der Waals surface area contributed by atoms with Gasteiger partial charge in [0.15, 0.2) is 5.60 Å². The number of hydrogen-bond acceptors (Lipinski definition) is 3. The van der Waals surface area contributed by atoms with E-state index in [0.29, 0.717) is 0 Å².